The van der Waals surface area contributed by atoms with Gasteiger partial charge in [-0.1, -0.05) is 11.8 Å². The number of rotatable bonds is 3. The number of thiazole rings is 1. The van der Waals surface area contributed by atoms with Gasteiger partial charge in [0.15, 0.2) is 10.1 Å². The molecule has 4 aromatic rings. The molecule has 0 aromatic carbocycles. The van der Waals surface area contributed by atoms with Crippen molar-refractivity contribution in [3.63, 3.8) is 0 Å². The summed E-state index contributed by atoms with van der Waals surface area (Å²) in [4.78, 5) is 33.9. The van der Waals surface area contributed by atoms with E-state index in [9.17, 15) is 9.59 Å². The highest BCUT2D eigenvalue weighted by Gasteiger charge is 2.11. The lowest BCUT2D eigenvalue weighted by atomic mass is 10.4. The first kappa shape index (κ1) is 14.6. The maximum absolute atomic E-state index is 12.3. The van der Waals surface area contributed by atoms with Crippen molar-refractivity contribution in [2.24, 2.45) is 7.05 Å². The van der Waals surface area contributed by atoms with Crippen molar-refractivity contribution < 1.29 is 0 Å². The summed E-state index contributed by atoms with van der Waals surface area (Å²) in [6.07, 6.45) is 1.71. The highest BCUT2D eigenvalue weighted by atomic mass is 32.2. The summed E-state index contributed by atoms with van der Waals surface area (Å²) in [6, 6.07) is 3.36. The summed E-state index contributed by atoms with van der Waals surface area (Å²) >= 11 is 4.22. The van der Waals surface area contributed by atoms with Crippen LogP contribution in [0.25, 0.3) is 15.2 Å². The third kappa shape index (κ3) is 2.50. The first-order chi connectivity index (χ1) is 11.1. The summed E-state index contributed by atoms with van der Waals surface area (Å²) in [6.45, 7) is 0. The number of thiophene rings is 1. The second-order valence-electron chi connectivity index (χ2n) is 4.82. The SMILES string of the molecule is Cn1c(SCc2cc(=O)n3ccsc3n2)nc2ccsc2c1=O. The molecule has 0 saturated heterocycles. The molecular weight excluding hydrogens is 352 g/mol. The zero-order valence-electron chi connectivity index (χ0n) is 11.9. The van der Waals surface area contributed by atoms with Crippen molar-refractivity contribution in [3.05, 3.63) is 55.5 Å². The van der Waals surface area contributed by atoms with E-state index in [1.54, 1.807) is 17.8 Å². The van der Waals surface area contributed by atoms with Gasteiger partial charge in [0, 0.05) is 30.4 Å². The Labute approximate surface area is 142 Å². The Kier molecular flexibility index (Phi) is 3.55. The fourth-order valence-corrected chi connectivity index (χ4v) is 4.61. The van der Waals surface area contributed by atoms with E-state index in [1.807, 2.05) is 16.8 Å². The van der Waals surface area contributed by atoms with E-state index < -0.39 is 0 Å². The van der Waals surface area contributed by atoms with Gasteiger partial charge in [0.05, 0.1) is 11.2 Å². The van der Waals surface area contributed by atoms with Crippen molar-refractivity contribution in [1.29, 1.82) is 0 Å². The van der Waals surface area contributed by atoms with Crippen molar-refractivity contribution >= 4 is 49.6 Å². The van der Waals surface area contributed by atoms with Crippen LogP contribution in [0.2, 0.25) is 0 Å². The Hall–Kier alpha value is -1.97. The molecule has 0 aliphatic heterocycles. The molecule has 0 aliphatic rings. The Morgan fingerprint density at radius 3 is 2.96 bits per heavy atom. The standard InChI is InChI=1S/C14H10N4O2S3/c1-17-12(20)11-9(2-4-21-11)16-13(17)23-7-8-6-10(19)18-3-5-22-14(18)15-8/h2-6H,7H2,1H3. The van der Waals surface area contributed by atoms with Crippen molar-refractivity contribution in [3.8, 4) is 0 Å². The summed E-state index contributed by atoms with van der Waals surface area (Å²) in [7, 11) is 1.71. The Bertz CT molecular complexity index is 1140. The third-order valence-corrected chi connectivity index (χ3v) is 6.06. The molecule has 0 spiro atoms. The molecule has 0 amide bonds. The maximum atomic E-state index is 12.3. The molecule has 0 radical (unpaired) electrons. The number of hydrogen-bond acceptors (Lipinski definition) is 7. The van der Waals surface area contributed by atoms with Gasteiger partial charge in [-0.25, -0.2) is 9.97 Å². The van der Waals surface area contributed by atoms with Gasteiger partial charge in [0.25, 0.3) is 11.1 Å². The van der Waals surface area contributed by atoms with E-state index in [4.69, 9.17) is 0 Å². The molecular formula is C14H10N4O2S3. The van der Waals surface area contributed by atoms with Gasteiger partial charge in [0.1, 0.15) is 4.70 Å². The lowest BCUT2D eigenvalue weighted by molar-refractivity contribution is 0.727. The van der Waals surface area contributed by atoms with E-state index >= 15 is 0 Å². The molecule has 4 rings (SSSR count). The molecule has 0 bridgehead atoms. The molecule has 4 aromatic heterocycles. The molecule has 0 aliphatic carbocycles. The van der Waals surface area contributed by atoms with Crippen LogP contribution in [-0.4, -0.2) is 18.9 Å². The minimum Gasteiger partial charge on any atom is -0.290 e. The van der Waals surface area contributed by atoms with E-state index in [-0.39, 0.29) is 11.1 Å². The molecule has 6 nitrogen and oxygen atoms in total. The summed E-state index contributed by atoms with van der Waals surface area (Å²) in [5.74, 6) is 0.486. The van der Waals surface area contributed by atoms with E-state index in [2.05, 4.69) is 9.97 Å². The molecule has 9 heteroatoms. The molecule has 0 N–H and O–H groups in total. The largest absolute Gasteiger partial charge is 0.290 e. The molecule has 23 heavy (non-hydrogen) atoms. The zero-order chi connectivity index (χ0) is 16.0. The Balaban J connectivity index is 1.69. The van der Waals surface area contributed by atoms with Gasteiger partial charge >= 0.3 is 0 Å². The van der Waals surface area contributed by atoms with Crippen LogP contribution in [0.5, 0.6) is 0 Å². The van der Waals surface area contributed by atoms with Crippen LogP contribution in [0.1, 0.15) is 5.69 Å². The van der Waals surface area contributed by atoms with E-state index in [1.165, 1.54) is 44.9 Å². The van der Waals surface area contributed by atoms with Gasteiger partial charge < -0.3 is 0 Å². The summed E-state index contributed by atoms with van der Waals surface area (Å²) in [5, 5.41) is 4.31. The first-order valence-corrected chi connectivity index (χ1v) is 9.41. The summed E-state index contributed by atoms with van der Waals surface area (Å²) in [5.41, 5.74) is 1.25. The first-order valence-electron chi connectivity index (χ1n) is 6.66. The van der Waals surface area contributed by atoms with Crippen molar-refractivity contribution in [2.75, 3.05) is 0 Å². The quantitative estimate of drug-likeness (QED) is 0.413. The van der Waals surface area contributed by atoms with Crippen molar-refractivity contribution in [1.82, 2.24) is 18.9 Å². The minimum absolute atomic E-state index is 0.0470. The number of nitrogens with zero attached hydrogens (tertiary/aromatic N) is 4. The minimum atomic E-state index is -0.0954. The molecule has 0 atom stereocenters. The van der Waals surface area contributed by atoms with Gasteiger partial charge in [0.2, 0.25) is 0 Å². The fourth-order valence-electron chi connectivity index (χ4n) is 2.20. The monoisotopic (exact) mass is 362 g/mol. The van der Waals surface area contributed by atoms with E-state index in [0.29, 0.717) is 31.8 Å². The van der Waals surface area contributed by atoms with Crippen LogP contribution in [0.15, 0.2) is 43.8 Å². The Morgan fingerprint density at radius 1 is 1.22 bits per heavy atom. The van der Waals surface area contributed by atoms with Gasteiger partial charge in [-0.05, 0) is 11.4 Å². The summed E-state index contributed by atoms with van der Waals surface area (Å²) < 4.78 is 3.72. The second kappa shape index (κ2) is 5.59. The van der Waals surface area contributed by atoms with Crippen LogP contribution in [-0.2, 0) is 12.8 Å². The normalized spacial score (nSPS) is 11.5. The van der Waals surface area contributed by atoms with Gasteiger partial charge in [-0.15, -0.1) is 22.7 Å². The number of hydrogen-bond donors (Lipinski definition) is 0. The number of thioether (sulfide) groups is 1. The average Bonchev–Trinajstić information content (AvgIpc) is 3.18. The third-order valence-electron chi connectivity index (χ3n) is 3.35. The topological polar surface area (TPSA) is 69.3 Å². The molecule has 0 fully saturated rings. The van der Waals surface area contributed by atoms with Crippen LogP contribution < -0.4 is 11.1 Å². The number of fused-ring (bicyclic) bond motifs is 2. The zero-order valence-corrected chi connectivity index (χ0v) is 14.4. The molecule has 116 valence electrons. The van der Waals surface area contributed by atoms with Crippen LogP contribution in [0.3, 0.4) is 0 Å². The van der Waals surface area contributed by atoms with Crippen LogP contribution >= 0.6 is 34.4 Å². The molecule has 0 saturated carbocycles. The average molecular weight is 362 g/mol. The number of aromatic nitrogens is 4. The lowest BCUT2D eigenvalue weighted by Gasteiger charge is -2.06. The maximum Gasteiger partial charge on any atom is 0.271 e. The second-order valence-corrected chi connectivity index (χ2v) is 7.56. The van der Waals surface area contributed by atoms with Crippen LogP contribution in [0.4, 0.5) is 0 Å². The van der Waals surface area contributed by atoms with Crippen LogP contribution in [0, 0.1) is 0 Å². The highest BCUT2D eigenvalue weighted by molar-refractivity contribution is 7.98. The fraction of sp³-hybridized carbons (Fsp3) is 0.143. The predicted octanol–water partition coefficient (Wildman–Crippen LogP) is 2.36. The molecule has 4 heterocycles. The predicted molar refractivity (Wildman–Crippen MR) is 93.8 cm³/mol. The van der Waals surface area contributed by atoms with Gasteiger partial charge in [-0.3, -0.25) is 18.6 Å². The van der Waals surface area contributed by atoms with Gasteiger partial charge in [-0.2, -0.15) is 0 Å². The van der Waals surface area contributed by atoms with E-state index in [0.717, 1.165) is 0 Å². The van der Waals surface area contributed by atoms with Crippen molar-refractivity contribution in [2.45, 2.75) is 10.9 Å². The molecule has 0 unspecified atom stereocenters. The lowest BCUT2D eigenvalue weighted by Crippen LogP contribution is -2.19. The highest BCUT2D eigenvalue weighted by Crippen LogP contribution is 2.22. The smallest absolute Gasteiger partial charge is 0.271 e. The Morgan fingerprint density at radius 2 is 2.09 bits per heavy atom.